The minimum absolute atomic E-state index is 0.0471. The molecule has 2 heterocycles. The smallest absolute Gasteiger partial charge is 0.257 e. The van der Waals surface area contributed by atoms with Crippen molar-refractivity contribution in [3.8, 4) is 0 Å². The summed E-state index contributed by atoms with van der Waals surface area (Å²) in [5.41, 5.74) is 1.48. The van der Waals surface area contributed by atoms with E-state index in [0.29, 0.717) is 12.1 Å². The van der Waals surface area contributed by atoms with Crippen molar-refractivity contribution < 1.29 is 4.79 Å². The van der Waals surface area contributed by atoms with Gasteiger partial charge in [0.25, 0.3) is 5.91 Å². The van der Waals surface area contributed by atoms with E-state index in [0.717, 1.165) is 12.2 Å². The average molecular weight is 247 g/mol. The van der Waals surface area contributed by atoms with Crippen molar-refractivity contribution in [2.24, 2.45) is 7.05 Å². The van der Waals surface area contributed by atoms with Gasteiger partial charge in [-0.3, -0.25) is 14.2 Å². The zero-order valence-electron chi connectivity index (χ0n) is 10.9. The largest absolute Gasteiger partial charge is 0.336 e. The van der Waals surface area contributed by atoms with Crippen LogP contribution in [0.25, 0.3) is 0 Å². The third-order valence-electron chi connectivity index (χ3n) is 2.72. The van der Waals surface area contributed by atoms with Gasteiger partial charge in [-0.1, -0.05) is 0 Å². The van der Waals surface area contributed by atoms with Crippen molar-refractivity contribution in [2.45, 2.75) is 20.0 Å². The molecule has 6 nitrogen and oxygen atoms in total. The highest BCUT2D eigenvalue weighted by atomic mass is 16.2. The van der Waals surface area contributed by atoms with E-state index >= 15 is 0 Å². The van der Waals surface area contributed by atoms with Crippen LogP contribution in [0.3, 0.4) is 0 Å². The van der Waals surface area contributed by atoms with Gasteiger partial charge in [-0.15, -0.1) is 0 Å². The standard InChI is InChI=1S/C12H17N5O/c1-4-17-6-5-11(14-17)9-15(2)12(18)10-7-13-16(3)8-10/h5-8H,4,9H2,1-3H3. The third-order valence-corrected chi connectivity index (χ3v) is 2.72. The summed E-state index contributed by atoms with van der Waals surface area (Å²) < 4.78 is 3.46. The molecular formula is C12H17N5O. The molecule has 0 atom stereocenters. The molecule has 0 aliphatic rings. The molecule has 0 aliphatic carbocycles. The Hall–Kier alpha value is -2.11. The summed E-state index contributed by atoms with van der Waals surface area (Å²) >= 11 is 0. The van der Waals surface area contributed by atoms with Crippen LogP contribution in [0.1, 0.15) is 23.0 Å². The molecule has 0 aromatic carbocycles. The number of amides is 1. The van der Waals surface area contributed by atoms with Crippen molar-refractivity contribution in [3.05, 3.63) is 35.9 Å². The monoisotopic (exact) mass is 247 g/mol. The Labute approximate surface area is 106 Å². The molecular weight excluding hydrogens is 230 g/mol. The molecule has 0 N–H and O–H groups in total. The lowest BCUT2D eigenvalue weighted by molar-refractivity contribution is 0.0783. The molecule has 96 valence electrons. The van der Waals surface area contributed by atoms with Gasteiger partial charge in [0.05, 0.1) is 24.0 Å². The van der Waals surface area contributed by atoms with Gasteiger partial charge >= 0.3 is 0 Å². The Morgan fingerprint density at radius 2 is 2.28 bits per heavy atom. The zero-order valence-corrected chi connectivity index (χ0v) is 10.9. The van der Waals surface area contributed by atoms with Crippen molar-refractivity contribution >= 4 is 5.91 Å². The number of hydrogen-bond donors (Lipinski definition) is 0. The normalized spacial score (nSPS) is 10.6. The van der Waals surface area contributed by atoms with Gasteiger partial charge in [-0.05, 0) is 13.0 Å². The number of aromatic nitrogens is 4. The summed E-state index contributed by atoms with van der Waals surface area (Å²) in [5.74, 6) is -0.0471. The van der Waals surface area contributed by atoms with Crippen molar-refractivity contribution in [2.75, 3.05) is 7.05 Å². The van der Waals surface area contributed by atoms with Crippen molar-refractivity contribution in [3.63, 3.8) is 0 Å². The molecule has 2 aromatic heterocycles. The summed E-state index contributed by atoms with van der Waals surface area (Å²) in [7, 11) is 3.56. The molecule has 2 aromatic rings. The number of aryl methyl sites for hydroxylation is 2. The second kappa shape index (κ2) is 5.03. The zero-order chi connectivity index (χ0) is 13.1. The molecule has 0 fully saturated rings. The van der Waals surface area contributed by atoms with E-state index in [1.165, 1.54) is 0 Å². The topological polar surface area (TPSA) is 56.0 Å². The Kier molecular flexibility index (Phi) is 3.45. The van der Waals surface area contributed by atoms with Gasteiger partial charge in [-0.2, -0.15) is 10.2 Å². The van der Waals surface area contributed by atoms with Gasteiger partial charge in [0.15, 0.2) is 0 Å². The van der Waals surface area contributed by atoms with E-state index < -0.39 is 0 Å². The fraction of sp³-hybridized carbons (Fsp3) is 0.417. The van der Waals surface area contributed by atoms with Crippen LogP contribution >= 0.6 is 0 Å². The van der Waals surface area contributed by atoms with Gasteiger partial charge in [-0.25, -0.2) is 0 Å². The van der Waals surface area contributed by atoms with Crippen LogP contribution in [0.4, 0.5) is 0 Å². The second-order valence-corrected chi connectivity index (χ2v) is 4.23. The van der Waals surface area contributed by atoms with E-state index in [9.17, 15) is 4.79 Å². The molecule has 0 radical (unpaired) electrons. The number of rotatable bonds is 4. The van der Waals surface area contributed by atoms with E-state index in [2.05, 4.69) is 10.2 Å². The van der Waals surface area contributed by atoms with Gasteiger partial charge in [0.1, 0.15) is 0 Å². The molecule has 0 saturated carbocycles. The average Bonchev–Trinajstić information content (AvgIpc) is 2.97. The lowest BCUT2D eigenvalue weighted by Gasteiger charge is -2.14. The maximum Gasteiger partial charge on any atom is 0.257 e. The van der Waals surface area contributed by atoms with Crippen LogP contribution in [0.2, 0.25) is 0 Å². The molecule has 0 spiro atoms. The predicted molar refractivity (Wildman–Crippen MR) is 66.9 cm³/mol. The highest BCUT2D eigenvalue weighted by molar-refractivity contribution is 5.93. The molecule has 1 amide bonds. The predicted octanol–water partition coefficient (Wildman–Crippen LogP) is 0.909. The minimum Gasteiger partial charge on any atom is -0.336 e. The molecule has 18 heavy (non-hydrogen) atoms. The van der Waals surface area contributed by atoms with Crippen LogP contribution in [-0.2, 0) is 20.1 Å². The van der Waals surface area contributed by atoms with E-state index in [4.69, 9.17) is 0 Å². The first-order valence-electron chi connectivity index (χ1n) is 5.86. The Morgan fingerprint density at radius 1 is 1.50 bits per heavy atom. The van der Waals surface area contributed by atoms with Crippen LogP contribution in [-0.4, -0.2) is 37.4 Å². The quantitative estimate of drug-likeness (QED) is 0.807. The van der Waals surface area contributed by atoms with Gasteiger partial charge in [0, 0.05) is 33.0 Å². The summed E-state index contributed by atoms with van der Waals surface area (Å²) in [6, 6.07) is 1.93. The molecule has 0 aliphatic heterocycles. The lowest BCUT2D eigenvalue weighted by atomic mass is 10.3. The van der Waals surface area contributed by atoms with Crippen LogP contribution in [0, 0.1) is 0 Å². The second-order valence-electron chi connectivity index (χ2n) is 4.23. The summed E-state index contributed by atoms with van der Waals surface area (Å²) in [5, 5.41) is 8.35. The first-order chi connectivity index (χ1) is 8.60. The van der Waals surface area contributed by atoms with Crippen molar-refractivity contribution in [1.82, 2.24) is 24.5 Å². The fourth-order valence-corrected chi connectivity index (χ4v) is 1.73. The highest BCUT2D eigenvalue weighted by Gasteiger charge is 2.14. The Balaban J connectivity index is 2.03. The maximum atomic E-state index is 12.1. The van der Waals surface area contributed by atoms with Gasteiger partial charge in [0.2, 0.25) is 0 Å². The number of hydrogen-bond acceptors (Lipinski definition) is 3. The molecule has 0 saturated heterocycles. The van der Waals surface area contributed by atoms with Crippen LogP contribution in [0.15, 0.2) is 24.7 Å². The minimum atomic E-state index is -0.0471. The number of carbonyl (C=O) groups excluding carboxylic acids is 1. The number of carbonyl (C=O) groups is 1. The first kappa shape index (κ1) is 12.3. The van der Waals surface area contributed by atoms with E-state index in [-0.39, 0.29) is 5.91 Å². The molecule has 0 unspecified atom stereocenters. The van der Waals surface area contributed by atoms with Gasteiger partial charge < -0.3 is 4.90 Å². The molecule has 0 bridgehead atoms. The lowest BCUT2D eigenvalue weighted by Crippen LogP contribution is -2.26. The third kappa shape index (κ3) is 2.58. The number of nitrogens with zero attached hydrogens (tertiary/aromatic N) is 5. The van der Waals surface area contributed by atoms with Crippen molar-refractivity contribution in [1.29, 1.82) is 0 Å². The highest BCUT2D eigenvalue weighted by Crippen LogP contribution is 2.06. The fourth-order valence-electron chi connectivity index (χ4n) is 1.73. The summed E-state index contributed by atoms with van der Waals surface area (Å²) in [4.78, 5) is 13.7. The van der Waals surface area contributed by atoms with Crippen LogP contribution < -0.4 is 0 Å². The summed E-state index contributed by atoms with van der Waals surface area (Å²) in [6.07, 6.45) is 5.20. The van der Waals surface area contributed by atoms with Crippen LogP contribution in [0.5, 0.6) is 0 Å². The SMILES string of the molecule is CCn1ccc(CN(C)C(=O)c2cnn(C)c2)n1. The first-order valence-corrected chi connectivity index (χ1v) is 5.86. The molecule has 2 rings (SSSR count). The van der Waals surface area contributed by atoms with E-state index in [1.807, 2.05) is 23.9 Å². The Bertz CT molecular complexity index is 542. The maximum absolute atomic E-state index is 12.1. The summed E-state index contributed by atoms with van der Waals surface area (Å²) in [6.45, 7) is 3.36. The molecule has 6 heteroatoms. The Morgan fingerprint density at radius 3 is 2.83 bits per heavy atom. The van der Waals surface area contributed by atoms with E-state index in [1.54, 1.807) is 36.1 Å².